The van der Waals surface area contributed by atoms with Gasteiger partial charge >= 0.3 is 0 Å². The lowest BCUT2D eigenvalue weighted by atomic mass is 10.0. The van der Waals surface area contributed by atoms with Gasteiger partial charge in [0.15, 0.2) is 0 Å². The number of likely N-dealkylation sites (tertiary alicyclic amines) is 1. The molecule has 16 heavy (non-hydrogen) atoms. The zero-order valence-corrected chi connectivity index (χ0v) is 11.0. The van der Waals surface area contributed by atoms with Crippen LogP contribution >= 0.6 is 0 Å². The van der Waals surface area contributed by atoms with E-state index in [9.17, 15) is 0 Å². The molecule has 0 amide bonds. The van der Waals surface area contributed by atoms with Crippen LogP contribution in [0.25, 0.3) is 0 Å². The summed E-state index contributed by atoms with van der Waals surface area (Å²) in [7, 11) is 0. The van der Waals surface area contributed by atoms with E-state index < -0.39 is 0 Å². The third-order valence-corrected chi connectivity index (χ3v) is 3.70. The van der Waals surface area contributed by atoms with Gasteiger partial charge in [0, 0.05) is 19.7 Å². The van der Waals surface area contributed by atoms with Gasteiger partial charge in [-0.15, -0.1) is 0 Å². The highest BCUT2D eigenvalue weighted by molar-refractivity contribution is 4.73. The molecule has 1 rings (SSSR count). The van der Waals surface area contributed by atoms with Crippen LogP contribution in [0, 0.1) is 5.92 Å². The Bertz CT molecular complexity index is 163. The minimum absolute atomic E-state index is 0.512. The van der Waals surface area contributed by atoms with Gasteiger partial charge < -0.3 is 15.4 Å². The Hall–Kier alpha value is -0.120. The Morgan fingerprint density at radius 2 is 2.00 bits per heavy atom. The van der Waals surface area contributed by atoms with Crippen molar-refractivity contribution in [2.24, 2.45) is 11.7 Å². The van der Waals surface area contributed by atoms with Gasteiger partial charge in [0.25, 0.3) is 0 Å². The molecule has 0 radical (unpaired) electrons. The Kier molecular flexibility index (Phi) is 7.01. The van der Waals surface area contributed by atoms with Gasteiger partial charge in [0.2, 0.25) is 0 Å². The maximum Gasteiger partial charge on any atom is 0.0599 e. The highest BCUT2D eigenvalue weighted by Crippen LogP contribution is 2.15. The molecule has 0 bridgehead atoms. The van der Waals surface area contributed by atoms with E-state index in [0.717, 1.165) is 13.2 Å². The maximum atomic E-state index is 5.72. The van der Waals surface area contributed by atoms with Gasteiger partial charge in [-0.05, 0) is 45.2 Å². The molecule has 1 heterocycles. The average molecular weight is 228 g/mol. The number of ether oxygens (including phenoxy) is 1. The molecule has 0 spiro atoms. The molecule has 96 valence electrons. The first-order valence-electron chi connectivity index (χ1n) is 6.84. The molecule has 3 heteroatoms. The van der Waals surface area contributed by atoms with E-state index in [0.29, 0.717) is 12.0 Å². The lowest BCUT2D eigenvalue weighted by Crippen LogP contribution is -2.38. The molecule has 0 saturated carbocycles. The summed E-state index contributed by atoms with van der Waals surface area (Å²) in [6.07, 6.45) is 5.39. The molecule has 0 aliphatic carbocycles. The van der Waals surface area contributed by atoms with Crippen molar-refractivity contribution in [3.05, 3.63) is 0 Å². The van der Waals surface area contributed by atoms with Crippen LogP contribution in [0.15, 0.2) is 0 Å². The third-order valence-electron chi connectivity index (χ3n) is 3.70. The topological polar surface area (TPSA) is 38.5 Å². The second-order valence-corrected chi connectivity index (χ2v) is 4.79. The van der Waals surface area contributed by atoms with Crippen molar-refractivity contribution in [3.63, 3.8) is 0 Å². The predicted octanol–water partition coefficient (Wildman–Crippen LogP) is 1.86. The van der Waals surface area contributed by atoms with E-state index in [2.05, 4.69) is 18.7 Å². The number of nitrogens with zero attached hydrogens (tertiary/aromatic N) is 1. The molecule has 0 aromatic heterocycles. The van der Waals surface area contributed by atoms with E-state index in [1.807, 2.05) is 0 Å². The first kappa shape index (κ1) is 13.9. The van der Waals surface area contributed by atoms with Crippen molar-refractivity contribution >= 4 is 0 Å². The van der Waals surface area contributed by atoms with Crippen molar-refractivity contribution in [2.75, 3.05) is 32.8 Å². The van der Waals surface area contributed by atoms with E-state index in [4.69, 9.17) is 10.5 Å². The fourth-order valence-corrected chi connectivity index (χ4v) is 2.39. The summed E-state index contributed by atoms with van der Waals surface area (Å²) in [4.78, 5) is 2.56. The Labute approximate surface area is 100 Å². The number of piperidine rings is 1. The highest BCUT2D eigenvalue weighted by atomic mass is 16.5. The van der Waals surface area contributed by atoms with Crippen LogP contribution in [0.5, 0.6) is 0 Å². The van der Waals surface area contributed by atoms with Crippen LogP contribution in [0.1, 0.15) is 39.5 Å². The minimum atomic E-state index is 0.512. The van der Waals surface area contributed by atoms with Crippen molar-refractivity contribution in [3.8, 4) is 0 Å². The van der Waals surface area contributed by atoms with Gasteiger partial charge in [-0.1, -0.05) is 13.3 Å². The number of nitrogens with two attached hydrogens (primary N) is 1. The molecular weight excluding hydrogens is 200 g/mol. The molecular formula is C13H28N2O. The number of hydrogen-bond donors (Lipinski definition) is 1. The molecule has 1 aliphatic heterocycles. The molecule has 1 fully saturated rings. The fourth-order valence-electron chi connectivity index (χ4n) is 2.39. The normalized spacial score (nSPS) is 21.2. The number of rotatable bonds is 7. The van der Waals surface area contributed by atoms with Crippen molar-refractivity contribution in [1.82, 2.24) is 4.90 Å². The van der Waals surface area contributed by atoms with E-state index in [-0.39, 0.29) is 0 Å². The lowest BCUT2D eigenvalue weighted by Gasteiger charge is -2.32. The summed E-state index contributed by atoms with van der Waals surface area (Å²) in [5.41, 5.74) is 5.72. The summed E-state index contributed by atoms with van der Waals surface area (Å²) in [5, 5.41) is 0. The Balaban J connectivity index is 2.12. The van der Waals surface area contributed by atoms with Crippen LogP contribution in [-0.4, -0.2) is 43.8 Å². The second-order valence-electron chi connectivity index (χ2n) is 4.79. The average Bonchev–Trinajstić information content (AvgIpc) is 2.33. The Morgan fingerprint density at radius 3 is 2.50 bits per heavy atom. The quantitative estimate of drug-likeness (QED) is 0.723. The molecule has 1 atom stereocenters. The summed E-state index contributed by atoms with van der Waals surface area (Å²) < 4.78 is 5.65. The minimum Gasteiger partial charge on any atom is -0.378 e. The summed E-state index contributed by atoms with van der Waals surface area (Å²) in [5.74, 6) is 0.713. The predicted molar refractivity (Wildman–Crippen MR) is 68.5 cm³/mol. The monoisotopic (exact) mass is 228 g/mol. The van der Waals surface area contributed by atoms with E-state index >= 15 is 0 Å². The molecule has 1 saturated heterocycles. The summed E-state index contributed by atoms with van der Waals surface area (Å²) in [6.45, 7) is 9.63. The van der Waals surface area contributed by atoms with Crippen molar-refractivity contribution in [2.45, 2.75) is 45.6 Å². The zero-order chi connectivity index (χ0) is 11.8. The molecule has 2 N–H and O–H groups in total. The van der Waals surface area contributed by atoms with Crippen LogP contribution in [0.2, 0.25) is 0 Å². The number of hydrogen-bond acceptors (Lipinski definition) is 3. The summed E-state index contributed by atoms with van der Waals surface area (Å²) >= 11 is 0. The maximum absolute atomic E-state index is 5.72. The molecule has 1 unspecified atom stereocenters. The third kappa shape index (κ3) is 4.81. The highest BCUT2D eigenvalue weighted by Gasteiger charge is 2.19. The van der Waals surface area contributed by atoms with E-state index in [1.54, 1.807) is 0 Å². The first-order valence-corrected chi connectivity index (χ1v) is 6.84. The van der Waals surface area contributed by atoms with Gasteiger partial charge in [0.1, 0.15) is 0 Å². The molecule has 0 aromatic rings. The second kappa shape index (κ2) is 8.04. The van der Waals surface area contributed by atoms with Gasteiger partial charge in [0.05, 0.1) is 6.10 Å². The standard InChI is InChI=1S/C13H28N2O/c1-3-12(11-14)5-8-15-9-6-13(7-10-15)16-4-2/h12-13H,3-11,14H2,1-2H3. The van der Waals surface area contributed by atoms with Crippen LogP contribution in [-0.2, 0) is 4.74 Å². The largest absolute Gasteiger partial charge is 0.378 e. The first-order chi connectivity index (χ1) is 7.80. The zero-order valence-electron chi connectivity index (χ0n) is 11.0. The van der Waals surface area contributed by atoms with Gasteiger partial charge in [-0.3, -0.25) is 0 Å². The van der Waals surface area contributed by atoms with Crippen LogP contribution in [0.3, 0.4) is 0 Å². The van der Waals surface area contributed by atoms with E-state index in [1.165, 1.54) is 45.3 Å². The lowest BCUT2D eigenvalue weighted by molar-refractivity contribution is 0.0133. The van der Waals surface area contributed by atoms with Gasteiger partial charge in [-0.2, -0.15) is 0 Å². The van der Waals surface area contributed by atoms with Crippen molar-refractivity contribution in [1.29, 1.82) is 0 Å². The van der Waals surface area contributed by atoms with Crippen molar-refractivity contribution < 1.29 is 4.74 Å². The smallest absolute Gasteiger partial charge is 0.0599 e. The summed E-state index contributed by atoms with van der Waals surface area (Å²) in [6, 6.07) is 0. The van der Waals surface area contributed by atoms with Crippen LogP contribution < -0.4 is 5.73 Å². The molecule has 3 nitrogen and oxygen atoms in total. The molecule has 1 aliphatic rings. The Morgan fingerprint density at radius 1 is 1.31 bits per heavy atom. The molecule has 0 aromatic carbocycles. The fraction of sp³-hybridized carbons (Fsp3) is 1.00. The van der Waals surface area contributed by atoms with Gasteiger partial charge in [-0.25, -0.2) is 0 Å². The van der Waals surface area contributed by atoms with Crippen LogP contribution in [0.4, 0.5) is 0 Å². The SMILES string of the molecule is CCOC1CCN(CCC(CC)CN)CC1.